The number of anilines is 1. The maximum atomic E-state index is 13.3. The Morgan fingerprint density at radius 2 is 2.11 bits per heavy atom. The Balaban J connectivity index is 2.11. The minimum atomic E-state index is -0.955. The summed E-state index contributed by atoms with van der Waals surface area (Å²) in [5.74, 6) is -2.09. The lowest BCUT2D eigenvalue weighted by Crippen LogP contribution is -2.54. The molecule has 1 aliphatic carbocycles. The minimum absolute atomic E-state index is 0.0274. The van der Waals surface area contributed by atoms with E-state index in [9.17, 15) is 14.0 Å². The van der Waals surface area contributed by atoms with Crippen molar-refractivity contribution in [2.75, 3.05) is 5.73 Å². The standard InChI is InChI=1S/C13H15FN2O3/c14-9-6-8(2-3-10(9)15)12(19)16-13(4-1-5-13)7-11(17)18/h2-3,6H,1,4-5,7,15H2,(H,16,19)(H,17,18). The van der Waals surface area contributed by atoms with E-state index >= 15 is 0 Å². The first-order valence-corrected chi connectivity index (χ1v) is 6.01. The first kappa shape index (κ1) is 13.3. The second-order valence-electron chi connectivity index (χ2n) is 4.89. The first-order chi connectivity index (χ1) is 8.92. The number of carboxylic acids is 1. The van der Waals surface area contributed by atoms with E-state index in [1.165, 1.54) is 12.1 Å². The van der Waals surface area contributed by atoms with Crippen LogP contribution in [0.25, 0.3) is 0 Å². The molecule has 1 fully saturated rings. The molecular formula is C13H15FN2O3. The largest absolute Gasteiger partial charge is 0.481 e. The molecule has 1 aromatic rings. The van der Waals surface area contributed by atoms with E-state index in [2.05, 4.69) is 5.32 Å². The van der Waals surface area contributed by atoms with Crippen molar-refractivity contribution in [1.82, 2.24) is 5.32 Å². The zero-order valence-corrected chi connectivity index (χ0v) is 10.3. The minimum Gasteiger partial charge on any atom is -0.481 e. The van der Waals surface area contributed by atoms with Gasteiger partial charge in [-0.2, -0.15) is 0 Å². The number of rotatable bonds is 4. The van der Waals surface area contributed by atoms with Gasteiger partial charge in [0.05, 0.1) is 17.6 Å². The van der Waals surface area contributed by atoms with Gasteiger partial charge in [-0.15, -0.1) is 0 Å². The molecule has 0 unspecified atom stereocenters. The zero-order chi connectivity index (χ0) is 14.0. The Morgan fingerprint density at radius 1 is 1.42 bits per heavy atom. The number of nitrogens with one attached hydrogen (secondary N) is 1. The van der Waals surface area contributed by atoms with E-state index in [0.717, 1.165) is 12.5 Å². The molecule has 0 radical (unpaired) electrons. The van der Waals surface area contributed by atoms with E-state index < -0.39 is 23.2 Å². The van der Waals surface area contributed by atoms with Crippen molar-refractivity contribution in [2.24, 2.45) is 0 Å². The summed E-state index contributed by atoms with van der Waals surface area (Å²) in [7, 11) is 0. The Labute approximate surface area is 109 Å². The third kappa shape index (κ3) is 2.83. The van der Waals surface area contributed by atoms with Gasteiger partial charge >= 0.3 is 5.97 Å². The summed E-state index contributed by atoms with van der Waals surface area (Å²) < 4.78 is 13.3. The molecule has 0 spiro atoms. The fourth-order valence-electron chi connectivity index (χ4n) is 2.22. The molecule has 0 saturated heterocycles. The van der Waals surface area contributed by atoms with Crippen molar-refractivity contribution in [3.05, 3.63) is 29.6 Å². The van der Waals surface area contributed by atoms with Gasteiger partial charge in [-0.3, -0.25) is 9.59 Å². The molecule has 102 valence electrons. The molecule has 1 amide bonds. The lowest BCUT2D eigenvalue weighted by Gasteiger charge is -2.41. The molecule has 1 saturated carbocycles. The monoisotopic (exact) mass is 266 g/mol. The van der Waals surface area contributed by atoms with Gasteiger partial charge in [0.25, 0.3) is 5.91 Å². The number of aliphatic carboxylic acids is 1. The molecular weight excluding hydrogens is 251 g/mol. The number of hydrogen-bond donors (Lipinski definition) is 3. The average molecular weight is 266 g/mol. The molecule has 0 bridgehead atoms. The second-order valence-corrected chi connectivity index (χ2v) is 4.89. The van der Waals surface area contributed by atoms with Crippen molar-refractivity contribution in [3.63, 3.8) is 0 Å². The highest BCUT2D eigenvalue weighted by Gasteiger charge is 2.40. The molecule has 19 heavy (non-hydrogen) atoms. The maximum absolute atomic E-state index is 13.3. The Hall–Kier alpha value is -2.11. The normalized spacial score (nSPS) is 16.5. The summed E-state index contributed by atoms with van der Waals surface area (Å²) in [5.41, 5.74) is 4.76. The van der Waals surface area contributed by atoms with Gasteiger partial charge in [-0.25, -0.2) is 4.39 Å². The molecule has 1 aliphatic rings. The van der Waals surface area contributed by atoms with Crippen molar-refractivity contribution in [2.45, 2.75) is 31.2 Å². The number of nitrogens with two attached hydrogens (primary N) is 1. The summed E-state index contributed by atoms with van der Waals surface area (Å²) >= 11 is 0. The number of halogens is 1. The van der Waals surface area contributed by atoms with E-state index in [4.69, 9.17) is 10.8 Å². The van der Waals surface area contributed by atoms with Crippen LogP contribution in [0, 0.1) is 5.82 Å². The van der Waals surface area contributed by atoms with Crippen LogP contribution in [0.5, 0.6) is 0 Å². The predicted octanol–water partition coefficient (Wildman–Crippen LogP) is 1.54. The molecule has 0 heterocycles. The first-order valence-electron chi connectivity index (χ1n) is 6.01. The Kier molecular flexibility index (Phi) is 3.42. The van der Waals surface area contributed by atoms with Gasteiger partial charge in [0.1, 0.15) is 5.82 Å². The summed E-state index contributed by atoms with van der Waals surface area (Å²) in [5, 5.41) is 11.5. The van der Waals surface area contributed by atoms with Crippen LogP contribution in [-0.4, -0.2) is 22.5 Å². The topological polar surface area (TPSA) is 92.4 Å². The van der Waals surface area contributed by atoms with Crippen molar-refractivity contribution < 1.29 is 19.1 Å². The van der Waals surface area contributed by atoms with Crippen LogP contribution in [0.1, 0.15) is 36.0 Å². The zero-order valence-electron chi connectivity index (χ0n) is 10.3. The van der Waals surface area contributed by atoms with Crippen LogP contribution in [-0.2, 0) is 4.79 Å². The fraction of sp³-hybridized carbons (Fsp3) is 0.385. The number of carbonyl (C=O) groups is 2. The maximum Gasteiger partial charge on any atom is 0.305 e. The molecule has 1 aromatic carbocycles. The van der Waals surface area contributed by atoms with Crippen molar-refractivity contribution in [1.29, 1.82) is 0 Å². The summed E-state index contributed by atoms with van der Waals surface area (Å²) in [6.45, 7) is 0. The number of carboxylic acid groups (broad SMARTS) is 1. The van der Waals surface area contributed by atoms with Crippen LogP contribution < -0.4 is 11.1 Å². The van der Waals surface area contributed by atoms with Crippen LogP contribution in [0.15, 0.2) is 18.2 Å². The molecule has 4 N–H and O–H groups in total. The van der Waals surface area contributed by atoms with Gasteiger partial charge in [0, 0.05) is 5.56 Å². The Morgan fingerprint density at radius 3 is 2.58 bits per heavy atom. The van der Waals surface area contributed by atoms with E-state index in [-0.39, 0.29) is 17.7 Å². The van der Waals surface area contributed by atoms with Crippen molar-refractivity contribution >= 4 is 17.6 Å². The number of carbonyl (C=O) groups excluding carboxylic acids is 1. The summed E-state index contributed by atoms with van der Waals surface area (Å²) in [4.78, 5) is 22.8. The van der Waals surface area contributed by atoms with E-state index in [1.54, 1.807) is 0 Å². The highest BCUT2D eigenvalue weighted by Crippen LogP contribution is 2.35. The summed E-state index contributed by atoms with van der Waals surface area (Å²) in [6.07, 6.45) is 2.02. The van der Waals surface area contributed by atoms with Gasteiger partial charge < -0.3 is 16.2 Å². The number of hydrogen-bond acceptors (Lipinski definition) is 3. The van der Waals surface area contributed by atoms with E-state index in [0.29, 0.717) is 12.8 Å². The van der Waals surface area contributed by atoms with Crippen LogP contribution in [0.3, 0.4) is 0 Å². The molecule has 6 heteroatoms. The fourth-order valence-corrected chi connectivity index (χ4v) is 2.22. The molecule has 0 aromatic heterocycles. The highest BCUT2D eigenvalue weighted by molar-refractivity contribution is 5.95. The SMILES string of the molecule is Nc1ccc(C(=O)NC2(CC(=O)O)CCC2)cc1F. The second kappa shape index (κ2) is 4.87. The van der Waals surface area contributed by atoms with Gasteiger partial charge in [0.2, 0.25) is 0 Å². The van der Waals surface area contributed by atoms with Gasteiger partial charge in [-0.05, 0) is 37.5 Å². The number of amides is 1. The van der Waals surface area contributed by atoms with Crippen molar-refractivity contribution in [3.8, 4) is 0 Å². The van der Waals surface area contributed by atoms with Crippen LogP contribution in [0.4, 0.5) is 10.1 Å². The predicted molar refractivity (Wildman–Crippen MR) is 67.1 cm³/mol. The van der Waals surface area contributed by atoms with E-state index in [1.807, 2.05) is 0 Å². The van der Waals surface area contributed by atoms with Crippen LogP contribution >= 0.6 is 0 Å². The van der Waals surface area contributed by atoms with Gasteiger partial charge in [-0.1, -0.05) is 0 Å². The molecule has 0 atom stereocenters. The third-order valence-electron chi connectivity index (χ3n) is 3.44. The lowest BCUT2D eigenvalue weighted by atomic mass is 9.74. The molecule has 5 nitrogen and oxygen atoms in total. The van der Waals surface area contributed by atoms with Crippen LogP contribution in [0.2, 0.25) is 0 Å². The quantitative estimate of drug-likeness (QED) is 0.721. The number of benzene rings is 1. The molecule has 0 aliphatic heterocycles. The number of nitrogen functional groups attached to an aromatic ring is 1. The highest BCUT2D eigenvalue weighted by atomic mass is 19.1. The smallest absolute Gasteiger partial charge is 0.305 e. The summed E-state index contributed by atoms with van der Waals surface area (Å²) in [6, 6.07) is 3.79. The Bertz CT molecular complexity index is 527. The third-order valence-corrected chi connectivity index (χ3v) is 3.44. The average Bonchev–Trinajstić information content (AvgIpc) is 2.29. The van der Waals surface area contributed by atoms with Gasteiger partial charge in [0.15, 0.2) is 0 Å². The lowest BCUT2D eigenvalue weighted by molar-refractivity contribution is -0.139. The molecule has 2 rings (SSSR count).